The van der Waals surface area contributed by atoms with E-state index >= 15 is 0 Å². The van der Waals surface area contributed by atoms with E-state index in [1.807, 2.05) is 6.07 Å². The molecule has 0 spiro atoms. The molecule has 1 aliphatic heterocycles. The number of carbonyl (C=O) groups is 2. The summed E-state index contributed by atoms with van der Waals surface area (Å²) in [4.78, 5) is 30.9. The molecule has 142 valence electrons. The molecule has 1 saturated heterocycles. The van der Waals surface area contributed by atoms with E-state index < -0.39 is 0 Å². The van der Waals surface area contributed by atoms with Crippen molar-refractivity contribution in [2.24, 2.45) is 0 Å². The van der Waals surface area contributed by atoms with Crippen LogP contribution in [0, 0.1) is 5.82 Å². The maximum absolute atomic E-state index is 13.0. The average Bonchev–Trinajstić information content (AvgIpc) is 3.34. The number of aromatic amines is 1. The second-order valence-electron chi connectivity index (χ2n) is 6.65. The van der Waals surface area contributed by atoms with E-state index in [1.54, 1.807) is 35.2 Å². The Kier molecular flexibility index (Phi) is 4.84. The van der Waals surface area contributed by atoms with Gasteiger partial charge in [0.2, 0.25) is 5.91 Å². The summed E-state index contributed by atoms with van der Waals surface area (Å²) >= 11 is 0. The molecule has 4 rings (SSSR count). The number of halogens is 1. The number of aromatic nitrogens is 3. The van der Waals surface area contributed by atoms with Crippen LogP contribution in [0.4, 0.5) is 4.39 Å². The van der Waals surface area contributed by atoms with E-state index in [2.05, 4.69) is 20.5 Å². The highest BCUT2D eigenvalue weighted by atomic mass is 19.1. The Morgan fingerprint density at radius 1 is 1.21 bits per heavy atom. The Labute approximate surface area is 160 Å². The Morgan fingerprint density at radius 3 is 2.75 bits per heavy atom. The van der Waals surface area contributed by atoms with Crippen LogP contribution < -0.4 is 5.32 Å². The number of hydrogen-bond acceptors (Lipinski definition) is 4. The molecule has 0 aliphatic carbocycles. The van der Waals surface area contributed by atoms with Gasteiger partial charge in [0.25, 0.3) is 5.91 Å². The summed E-state index contributed by atoms with van der Waals surface area (Å²) in [5, 5.41) is 9.51. The van der Waals surface area contributed by atoms with E-state index in [9.17, 15) is 14.0 Å². The van der Waals surface area contributed by atoms with Gasteiger partial charge in [0, 0.05) is 25.1 Å². The van der Waals surface area contributed by atoms with Gasteiger partial charge in [-0.05, 0) is 23.8 Å². The van der Waals surface area contributed by atoms with Crippen LogP contribution in [0.3, 0.4) is 0 Å². The topological polar surface area (TPSA) is 91.0 Å². The number of benzene rings is 2. The molecule has 3 aromatic rings. The predicted octanol–water partition coefficient (Wildman–Crippen LogP) is 2.14. The smallest absolute Gasteiger partial charge is 0.252 e. The average molecular weight is 379 g/mol. The van der Waals surface area contributed by atoms with Gasteiger partial charge in [-0.1, -0.05) is 30.3 Å². The quantitative estimate of drug-likeness (QED) is 0.711. The molecule has 2 amide bonds. The molecule has 1 unspecified atom stereocenters. The molecule has 7 nitrogen and oxygen atoms in total. The molecule has 1 aromatic heterocycles. The van der Waals surface area contributed by atoms with Gasteiger partial charge in [0.15, 0.2) is 5.82 Å². The number of likely N-dealkylation sites (tertiary alicyclic amines) is 1. The third-order valence-electron chi connectivity index (χ3n) is 4.68. The molecule has 28 heavy (non-hydrogen) atoms. The predicted molar refractivity (Wildman–Crippen MR) is 99.5 cm³/mol. The Hall–Kier alpha value is -3.55. The van der Waals surface area contributed by atoms with Gasteiger partial charge in [-0.15, -0.1) is 0 Å². The monoisotopic (exact) mass is 379 g/mol. The second kappa shape index (κ2) is 7.59. The number of nitrogens with zero attached hydrogens (tertiary/aromatic N) is 3. The van der Waals surface area contributed by atoms with Gasteiger partial charge in [-0.25, -0.2) is 9.37 Å². The van der Waals surface area contributed by atoms with Gasteiger partial charge in [0.1, 0.15) is 12.1 Å². The minimum atomic E-state index is -0.313. The van der Waals surface area contributed by atoms with Gasteiger partial charge in [-0.3, -0.25) is 14.7 Å². The van der Waals surface area contributed by atoms with Crippen LogP contribution in [0.5, 0.6) is 0 Å². The van der Waals surface area contributed by atoms with Gasteiger partial charge in [0.05, 0.1) is 11.6 Å². The van der Waals surface area contributed by atoms with Crippen LogP contribution in [0.1, 0.15) is 22.3 Å². The van der Waals surface area contributed by atoms with Gasteiger partial charge in [-0.2, -0.15) is 5.10 Å². The fraction of sp³-hybridized carbons (Fsp3) is 0.200. The number of nitrogens with one attached hydrogen (secondary N) is 2. The number of hydrogen-bond donors (Lipinski definition) is 2. The summed E-state index contributed by atoms with van der Waals surface area (Å²) in [7, 11) is 0. The summed E-state index contributed by atoms with van der Waals surface area (Å²) in [5.41, 5.74) is 1.95. The van der Waals surface area contributed by atoms with Crippen molar-refractivity contribution in [1.29, 1.82) is 0 Å². The Morgan fingerprint density at radius 2 is 2.00 bits per heavy atom. The maximum Gasteiger partial charge on any atom is 0.252 e. The zero-order valence-electron chi connectivity index (χ0n) is 14.9. The van der Waals surface area contributed by atoms with Crippen LogP contribution >= 0.6 is 0 Å². The minimum absolute atomic E-state index is 0.0434. The van der Waals surface area contributed by atoms with Crippen molar-refractivity contribution in [3.05, 3.63) is 71.8 Å². The van der Waals surface area contributed by atoms with Crippen LogP contribution in [0.2, 0.25) is 0 Å². The fourth-order valence-corrected chi connectivity index (χ4v) is 3.32. The summed E-state index contributed by atoms with van der Waals surface area (Å²) in [5.74, 6) is -0.121. The third-order valence-corrected chi connectivity index (χ3v) is 4.68. The van der Waals surface area contributed by atoms with Crippen molar-refractivity contribution in [1.82, 2.24) is 25.4 Å². The van der Waals surface area contributed by atoms with Crippen molar-refractivity contribution < 1.29 is 14.0 Å². The lowest BCUT2D eigenvalue weighted by Gasteiger charge is -2.17. The molecular weight excluding hydrogens is 361 g/mol. The standard InChI is InChI=1S/C20H18FN5O2/c21-14-7-5-13(6-8-14)10-26-11-15(9-18(26)27)24-20(28)17-4-2-1-3-16(17)19-22-12-23-25-19/h1-8,12,15H,9-11H2,(H,24,28)(H,22,23,25). The summed E-state index contributed by atoms with van der Waals surface area (Å²) in [6.45, 7) is 0.798. The fourth-order valence-electron chi connectivity index (χ4n) is 3.32. The molecule has 0 bridgehead atoms. The van der Waals surface area contributed by atoms with Crippen molar-refractivity contribution in [2.45, 2.75) is 19.0 Å². The summed E-state index contributed by atoms with van der Waals surface area (Å²) < 4.78 is 13.0. The first-order valence-corrected chi connectivity index (χ1v) is 8.88. The molecule has 0 radical (unpaired) electrons. The number of H-pyrrole nitrogens is 1. The lowest BCUT2D eigenvalue weighted by atomic mass is 10.1. The highest BCUT2D eigenvalue weighted by Gasteiger charge is 2.31. The van der Waals surface area contributed by atoms with Crippen LogP contribution in [0.15, 0.2) is 54.9 Å². The zero-order valence-corrected chi connectivity index (χ0v) is 14.9. The lowest BCUT2D eigenvalue weighted by molar-refractivity contribution is -0.128. The van der Waals surface area contributed by atoms with Crippen LogP contribution in [-0.2, 0) is 11.3 Å². The first kappa shape index (κ1) is 17.8. The molecule has 8 heteroatoms. The first-order chi connectivity index (χ1) is 13.6. The SMILES string of the molecule is O=C(NC1CC(=O)N(Cc2ccc(F)cc2)C1)c1ccccc1-c1ncn[nH]1. The van der Waals surface area contributed by atoms with E-state index in [0.29, 0.717) is 30.0 Å². The van der Waals surface area contributed by atoms with Crippen molar-refractivity contribution >= 4 is 11.8 Å². The van der Waals surface area contributed by atoms with Gasteiger partial charge >= 0.3 is 0 Å². The largest absolute Gasteiger partial charge is 0.347 e. The summed E-state index contributed by atoms with van der Waals surface area (Å²) in [6, 6.07) is 12.8. The molecule has 1 atom stereocenters. The second-order valence-corrected chi connectivity index (χ2v) is 6.65. The molecule has 0 saturated carbocycles. The molecule has 2 N–H and O–H groups in total. The van der Waals surface area contributed by atoms with Gasteiger partial charge < -0.3 is 10.2 Å². The van der Waals surface area contributed by atoms with Crippen molar-refractivity contribution in [3.63, 3.8) is 0 Å². The Balaban J connectivity index is 1.43. The Bertz CT molecular complexity index is 988. The first-order valence-electron chi connectivity index (χ1n) is 8.88. The van der Waals surface area contributed by atoms with E-state index in [-0.39, 0.29) is 30.1 Å². The molecular formula is C20H18FN5O2. The highest BCUT2D eigenvalue weighted by molar-refractivity contribution is 6.00. The van der Waals surface area contributed by atoms with E-state index in [4.69, 9.17) is 0 Å². The molecule has 2 heterocycles. The summed E-state index contributed by atoms with van der Waals surface area (Å²) in [6.07, 6.45) is 1.62. The van der Waals surface area contributed by atoms with Crippen LogP contribution in [-0.4, -0.2) is 44.5 Å². The number of carbonyl (C=O) groups excluding carboxylic acids is 2. The van der Waals surface area contributed by atoms with Crippen LogP contribution in [0.25, 0.3) is 11.4 Å². The highest BCUT2D eigenvalue weighted by Crippen LogP contribution is 2.21. The van der Waals surface area contributed by atoms with E-state index in [1.165, 1.54) is 18.5 Å². The molecule has 1 aliphatic rings. The van der Waals surface area contributed by atoms with Crippen molar-refractivity contribution in [2.75, 3.05) is 6.54 Å². The third kappa shape index (κ3) is 3.75. The molecule has 2 aromatic carbocycles. The van der Waals surface area contributed by atoms with E-state index in [0.717, 1.165) is 5.56 Å². The lowest BCUT2D eigenvalue weighted by Crippen LogP contribution is -2.37. The number of amides is 2. The normalized spacial score (nSPS) is 16.4. The van der Waals surface area contributed by atoms with Crippen molar-refractivity contribution in [3.8, 4) is 11.4 Å². The maximum atomic E-state index is 13.0. The molecule has 1 fully saturated rings. The zero-order chi connectivity index (χ0) is 19.5. The minimum Gasteiger partial charge on any atom is -0.347 e. The number of rotatable bonds is 5.